The van der Waals surface area contributed by atoms with E-state index in [0.717, 1.165) is 42.8 Å². The molecule has 2 aromatic carbocycles. The van der Waals surface area contributed by atoms with Crippen molar-refractivity contribution in [3.8, 4) is 28.3 Å². The molecule has 14 nitrogen and oxygen atoms in total. The molecule has 0 unspecified atom stereocenters. The smallest absolute Gasteiger partial charge is 0.405 e. The highest BCUT2D eigenvalue weighted by Crippen LogP contribution is 2.40. The Morgan fingerprint density at radius 2 is 1.54 bits per heavy atom. The minimum Gasteiger partial charge on any atom is -0.493 e. The summed E-state index contributed by atoms with van der Waals surface area (Å²) in [5.74, 6) is -0.0585. The molecule has 5 rings (SSSR count). The number of allylic oxidation sites excluding steroid dienone is 1. The topological polar surface area (TPSA) is 203 Å². The molecule has 6 N–H and O–H groups in total. The fourth-order valence-corrected chi connectivity index (χ4v) is 7.75. The number of benzene rings is 2. The molecule has 63 heavy (non-hydrogen) atoms. The molecular weight excluding hydrogens is 813 g/mol. The molecule has 4 aromatic rings. The van der Waals surface area contributed by atoms with Crippen LogP contribution in [-0.4, -0.2) is 84.2 Å². The third kappa shape index (κ3) is 12.5. The summed E-state index contributed by atoms with van der Waals surface area (Å²) in [5, 5.41) is 22.1. The molecule has 342 valence electrons. The number of hydrogen-bond acceptors (Lipinski definition) is 7. The monoisotopic (exact) mass is 875 g/mol. The zero-order valence-electron chi connectivity index (χ0n) is 38.0. The maximum Gasteiger partial charge on any atom is 0.405 e. The van der Waals surface area contributed by atoms with Gasteiger partial charge in [0.1, 0.15) is 35.1 Å². The molecule has 0 spiro atoms. The fourth-order valence-electron chi connectivity index (χ4n) is 7.75. The number of halogens is 2. The van der Waals surface area contributed by atoms with Crippen molar-refractivity contribution in [3.05, 3.63) is 76.9 Å². The molecule has 1 aliphatic rings. The second-order valence-corrected chi connectivity index (χ2v) is 16.8. The van der Waals surface area contributed by atoms with E-state index in [4.69, 9.17) is 9.84 Å². The van der Waals surface area contributed by atoms with Crippen molar-refractivity contribution >= 4 is 35.3 Å². The van der Waals surface area contributed by atoms with Crippen molar-refractivity contribution in [1.29, 1.82) is 0 Å². The van der Waals surface area contributed by atoms with Crippen LogP contribution in [0.4, 0.5) is 18.4 Å². The standard InChI is InChI=1S/C40H50F2N6O4.C7H13NO3/c1-8-10-12-24(6)37-43-20-30(45-37)26-15-14-23(5)28(17-26)35(42)25(7)34-29(41)18-27(19-33(34)52-9-2)31-21-44-38(46-31)32-13-11-16-48(32)39(49)36(22(3)4)47-40(50)51;1-4(2)6(5(3)9)8-7(10)11/h14-15,17-22,24,32,36,47H,8-13,16H2,1-7H3,(H,43,45)(H,44,46)(H,50,51);4,6,8H,1-3H3,(H,10,11)/b35-25-;/t24-,32-,36-;6-/m00/s1. The molecule has 0 saturated carbocycles. The average Bonchev–Trinajstić information content (AvgIpc) is 4.02. The normalized spacial score (nSPS) is 15.6. The van der Waals surface area contributed by atoms with Crippen molar-refractivity contribution in [2.75, 3.05) is 13.2 Å². The number of likely N-dealkylation sites (tertiary alicyclic amines) is 1. The van der Waals surface area contributed by atoms with E-state index >= 15 is 8.78 Å². The lowest BCUT2D eigenvalue weighted by atomic mass is 9.96. The highest BCUT2D eigenvalue weighted by Gasteiger charge is 2.37. The van der Waals surface area contributed by atoms with Gasteiger partial charge in [-0.05, 0) is 88.1 Å². The van der Waals surface area contributed by atoms with E-state index in [1.165, 1.54) is 13.0 Å². The van der Waals surface area contributed by atoms with Gasteiger partial charge in [-0.15, -0.1) is 0 Å². The molecule has 0 bridgehead atoms. The summed E-state index contributed by atoms with van der Waals surface area (Å²) in [5.41, 5.74) is 3.70. The van der Waals surface area contributed by atoms with E-state index in [1.807, 2.05) is 19.1 Å². The number of H-pyrrole nitrogens is 2. The fraction of sp³-hybridized carbons (Fsp3) is 0.489. The van der Waals surface area contributed by atoms with E-state index in [-0.39, 0.29) is 52.9 Å². The zero-order valence-corrected chi connectivity index (χ0v) is 38.0. The number of ether oxygens (including phenoxy) is 1. The Labute approximate surface area is 368 Å². The van der Waals surface area contributed by atoms with Gasteiger partial charge in [0.05, 0.1) is 48.0 Å². The van der Waals surface area contributed by atoms with E-state index in [1.54, 1.807) is 71.0 Å². The van der Waals surface area contributed by atoms with Crippen molar-refractivity contribution in [3.63, 3.8) is 0 Å². The molecule has 3 heterocycles. The van der Waals surface area contributed by atoms with Gasteiger partial charge in [-0.2, -0.15) is 0 Å². The molecule has 2 aromatic heterocycles. The summed E-state index contributed by atoms with van der Waals surface area (Å²) in [6.07, 6.45) is 5.54. The van der Waals surface area contributed by atoms with Gasteiger partial charge in [-0.25, -0.2) is 28.3 Å². The second-order valence-electron chi connectivity index (χ2n) is 16.8. The first kappa shape index (κ1) is 49.6. The molecule has 1 aliphatic heterocycles. The first-order chi connectivity index (χ1) is 29.8. The van der Waals surface area contributed by atoms with Crippen LogP contribution in [0, 0.1) is 24.6 Å². The predicted molar refractivity (Wildman–Crippen MR) is 239 cm³/mol. The number of aromatic nitrogens is 4. The Hall–Kier alpha value is -6.06. The van der Waals surface area contributed by atoms with Gasteiger partial charge >= 0.3 is 12.2 Å². The molecular formula is C47H63F2N7O7. The number of carbonyl (C=O) groups is 4. The number of amides is 3. The van der Waals surface area contributed by atoms with Crippen LogP contribution in [0.15, 0.2) is 42.7 Å². The number of unbranched alkanes of at least 4 members (excludes halogenated alkanes) is 1. The van der Waals surface area contributed by atoms with Crippen LogP contribution in [0.1, 0.15) is 135 Å². The molecule has 0 radical (unpaired) electrons. The van der Waals surface area contributed by atoms with E-state index in [2.05, 4.69) is 44.4 Å². The van der Waals surface area contributed by atoms with Crippen LogP contribution in [0.5, 0.6) is 5.75 Å². The summed E-state index contributed by atoms with van der Waals surface area (Å²) in [6, 6.07) is 6.65. The lowest BCUT2D eigenvalue weighted by Crippen LogP contribution is -2.50. The number of carboxylic acid groups (broad SMARTS) is 2. The number of rotatable bonds is 17. The zero-order chi connectivity index (χ0) is 46.7. The quantitative estimate of drug-likeness (QED) is 0.0558. The number of ketones is 1. The number of imidazole rings is 2. The Morgan fingerprint density at radius 3 is 2.13 bits per heavy atom. The number of Topliss-reactive ketones (excluding diaryl/α,β-unsaturated/α-hetero) is 1. The average molecular weight is 876 g/mol. The van der Waals surface area contributed by atoms with Gasteiger partial charge in [-0.1, -0.05) is 66.5 Å². The van der Waals surface area contributed by atoms with Crippen molar-refractivity contribution in [2.24, 2.45) is 11.8 Å². The van der Waals surface area contributed by atoms with Crippen LogP contribution < -0.4 is 15.4 Å². The Kier molecular flexibility index (Phi) is 17.6. The summed E-state index contributed by atoms with van der Waals surface area (Å²) in [6.45, 7) is 18.7. The lowest BCUT2D eigenvalue weighted by Gasteiger charge is -2.29. The summed E-state index contributed by atoms with van der Waals surface area (Å²) in [7, 11) is 0. The number of aryl methyl sites for hydroxylation is 1. The Morgan fingerprint density at radius 1 is 0.905 bits per heavy atom. The second kappa shape index (κ2) is 22.3. The van der Waals surface area contributed by atoms with Crippen molar-refractivity contribution < 1.29 is 42.9 Å². The number of hydrogen-bond donors (Lipinski definition) is 6. The summed E-state index contributed by atoms with van der Waals surface area (Å²) >= 11 is 0. The van der Waals surface area contributed by atoms with Gasteiger partial charge in [0, 0.05) is 29.2 Å². The van der Waals surface area contributed by atoms with E-state index < -0.39 is 42.0 Å². The Bertz CT molecular complexity index is 2270. The van der Waals surface area contributed by atoms with Crippen LogP contribution in [0.2, 0.25) is 0 Å². The molecule has 0 aliphatic carbocycles. The van der Waals surface area contributed by atoms with Crippen LogP contribution in [0.25, 0.3) is 33.9 Å². The molecule has 1 fully saturated rings. The summed E-state index contributed by atoms with van der Waals surface area (Å²) < 4.78 is 38.5. The van der Waals surface area contributed by atoms with Gasteiger partial charge < -0.3 is 40.5 Å². The maximum absolute atomic E-state index is 16.5. The third-order valence-corrected chi connectivity index (χ3v) is 11.2. The first-order valence-corrected chi connectivity index (χ1v) is 21.6. The number of carbonyl (C=O) groups excluding carboxylic acids is 2. The lowest BCUT2D eigenvalue weighted by molar-refractivity contribution is -0.135. The molecule has 4 atom stereocenters. The number of nitrogens with zero attached hydrogens (tertiary/aromatic N) is 3. The van der Waals surface area contributed by atoms with Gasteiger partial charge in [0.25, 0.3) is 0 Å². The molecule has 16 heteroatoms. The molecule has 3 amide bonds. The minimum absolute atomic E-state index is 0.00333. The van der Waals surface area contributed by atoms with E-state index in [9.17, 15) is 24.3 Å². The summed E-state index contributed by atoms with van der Waals surface area (Å²) in [4.78, 5) is 63.2. The minimum atomic E-state index is -1.26. The van der Waals surface area contributed by atoms with Gasteiger partial charge in [0.15, 0.2) is 5.78 Å². The third-order valence-electron chi connectivity index (χ3n) is 11.2. The largest absolute Gasteiger partial charge is 0.493 e. The number of aromatic amines is 2. The Balaban J connectivity index is 0.000000697. The van der Waals surface area contributed by atoms with Gasteiger partial charge in [0.2, 0.25) is 5.91 Å². The number of nitrogens with one attached hydrogen (secondary N) is 4. The van der Waals surface area contributed by atoms with Crippen molar-refractivity contribution in [1.82, 2.24) is 35.5 Å². The maximum atomic E-state index is 16.5. The van der Waals surface area contributed by atoms with E-state index in [0.29, 0.717) is 41.2 Å². The predicted octanol–water partition coefficient (Wildman–Crippen LogP) is 10.3. The van der Waals surface area contributed by atoms with Crippen LogP contribution >= 0.6 is 0 Å². The first-order valence-electron chi connectivity index (χ1n) is 21.6. The highest BCUT2D eigenvalue weighted by atomic mass is 19.1. The SMILES string of the molecule is CC(=O)[C@@H](NC(=O)O)C(C)C.CCCC[C@H](C)c1ncc(-c2ccc(C)c(/C(F)=C(\C)c3c(F)cc(-c4cnc([C@@H]5CCCN5C(=O)[C@@H](NC(=O)O)C(C)C)[nH]4)cc3OCC)c2)[nH]1. The van der Waals surface area contributed by atoms with Crippen LogP contribution in [-0.2, 0) is 9.59 Å². The van der Waals surface area contributed by atoms with Gasteiger partial charge in [-0.3, -0.25) is 9.59 Å². The van der Waals surface area contributed by atoms with Crippen molar-refractivity contribution in [2.45, 2.75) is 125 Å². The highest BCUT2D eigenvalue weighted by molar-refractivity contribution is 5.91. The molecule has 1 saturated heterocycles. The van der Waals surface area contributed by atoms with Crippen LogP contribution in [0.3, 0.4) is 0 Å².